The molecule has 1 heterocycles. The van der Waals surface area contributed by atoms with E-state index in [-0.39, 0.29) is 41.6 Å². The summed E-state index contributed by atoms with van der Waals surface area (Å²) in [5.41, 5.74) is 1.42. The van der Waals surface area contributed by atoms with Gasteiger partial charge in [-0.15, -0.1) is 0 Å². The molecule has 0 amide bonds. The van der Waals surface area contributed by atoms with Crippen molar-refractivity contribution in [2.75, 3.05) is 26.7 Å². The van der Waals surface area contributed by atoms with E-state index in [1.165, 1.54) is 10.4 Å². The van der Waals surface area contributed by atoms with E-state index in [9.17, 15) is 17.9 Å². The molecule has 2 aromatic rings. The number of ether oxygens (including phenoxy) is 1. The molecule has 0 spiro atoms. The Balaban J connectivity index is 1.97. The molecule has 0 radical (unpaired) electrons. The number of rotatable bonds is 7. The highest BCUT2D eigenvalue weighted by Crippen LogP contribution is 2.34. The van der Waals surface area contributed by atoms with Crippen molar-refractivity contribution in [2.45, 2.75) is 44.4 Å². The van der Waals surface area contributed by atoms with Crippen LogP contribution in [0.3, 0.4) is 0 Å². The van der Waals surface area contributed by atoms with Gasteiger partial charge in [0, 0.05) is 37.2 Å². The molecule has 1 aliphatic rings. The Morgan fingerprint density at radius 2 is 2.03 bits per heavy atom. The van der Waals surface area contributed by atoms with Crippen molar-refractivity contribution in [3.63, 3.8) is 0 Å². The zero-order chi connectivity index (χ0) is 24.2. The van der Waals surface area contributed by atoms with E-state index in [2.05, 4.69) is 0 Å². The number of fused-ring (bicyclic) bond motifs is 1. The van der Waals surface area contributed by atoms with Gasteiger partial charge in [0.05, 0.1) is 6.61 Å². The van der Waals surface area contributed by atoms with Crippen molar-refractivity contribution in [1.29, 1.82) is 0 Å². The van der Waals surface area contributed by atoms with Gasteiger partial charge in [-0.25, -0.2) is 12.8 Å². The van der Waals surface area contributed by atoms with Gasteiger partial charge in [-0.1, -0.05) is 43.3 Å². The number of halogens is 1. The maximum Gasteiger partial charge on any atom is 0.247 e. The molecule has 3 atom stereocenters. The lowest BCUT2D eigenvalue weighted by Crippen LogP contribution is -2.49. The third-order valence-corrected chi connectivity index (χ3v) is 7.96. The first-order valence-corrected chi connectivity index (χ1v) is 12.6. The summed E-state index contributed by atoms with van der Waals surface area (Å²) in [6.07, 6.45) is 3.42. The van der Waals surface area contributed by atoms with Gasteiger partial charge < -0.3 is 9.84 Å². The summed E-state index contributed by atoms with van der Waals surface area (Å²) in [7, 11) is -1.97. The number of sulfonamides is 1. The Kier molecular flexibility index (Phi) is 8.28. The van der Waals surface area contributed by atoms with Crippen molar-refractivity contribution in [1.82, 2.24) is 9.21 Å². The quantitative estimate of drug-likeness (QED) is 0.659. The van der Waals surface area contributed by atoms with Crippen molar-refractivity contribution in [2.24, 2.45) is 5.92 Å². The van der Waals surface area contributed by atoms with Gasteiger partial charge in [-0.2, -0.15) is 4.31 Å². The molecule has 0 saturated carbocycles. The minimum absolute atomic E-state index is 0.0877. The molecule has 3 rings (SSSR count). The van der Waals surface area contributed by atoms with Crippen LogP contribution >= 0.6 is 0 Å². The minimum atomic E-state index is -3.86. The normalized spacial score (nSPS) is 21.9. The number of likely N-dealkylation sites (N-methyl/N-ethyl adjacent to an activating group) is 1. The van der Waals surface area contributed by atoms with Gasteiger partial charge in [0.2, 0.25) is 10.0 Å². The Bertz CT molecular complexity index is 1090. The Hall–Kier alpha value is -2.26. The van der Waals surface area contributed by atoms with E-state index in [4.69, 9.17) is 4.74 Å². The van der Waals surface area contributed by atoms with Crippen molar-refractivity contribution in [3.8, 4) is 5.75 Å². The second-order valence-electron chi connectivity index (χ2n) is 8.73. The second kappa shape index (κ2) is 10.8. The van der Waals surface area contributed by atoms with Crippen molar-refractivity contribution in [3.05, 3.63) is 65.5 Å². The van der Waals surface area contributed by atoms with Crippen molar-refractivity contribution < 1.29 is 22.7 Å². The fourth-order valence-corrected chi connectivity index (χ4v) is 5.87. The molecule has 0 aliphatic carbocycles. The lowest BCUT2D eigenvalue weighted by molar-refractivity contribution is 0.0731. The van der Waals surface area contributed by atoms with Crippen LogP contribution in [0.2, 0.25) is 0 Å². The number of hydrogen-bond acceptors (Lipinski definition) is 5. The molecule has 0 unspecified atom stereocenters. The first kappa shape index (κ1) is 25.4. The van der Waals surface area contributed by atoms with Crippen LogP contribution in [0, 0.1) is 11.7 Å². The highest BCUT2D eigenvalue weighted by atomic mass is 32.2. The lowest BCUT2D eigenvalue weighted by Gasteiger charge is -2.37. The number of hydrogen-bond donors (Lipinski definition) is 1. The maximum atomic E-state index is 14.1. The number of allylic oxidation sites excluding steroid dienone is 1. The van der Waals surface area contributed by atoms with Gasteiger partial charge in [-0.3, -0.25) is 4.90 Å². The summed E-state index contributed by atoms with van der Waals surface area (Å²) in [6.45, 7) is 6.33. The Morgan fingerprint density at radius 3 is 2.70 bits per heavy atom. The molecule has 1 aliphatic heterocycles. The summed E-state index contributed by atoms with van der Waals surface area (Å²) >= 11 is 0. The Morgan fingerprint density at radius 1 is 1.30 bits per heavy atom. The molecule has 6 nitrogen and oxygen atoms in total. The summed E-state index contributed by atoms with van der Waals surface area (Å²) in [5, 5.41) is 9.74. The molecular formula is C25H33FN2O4S. The van der Waals surface area contributed by atoms with Gasteiger partial charge in [-0.05, 0) is 44.7 Å². The highest BCUT2D eigenvalue weighted by molar-refractivity contribution is 7.89. The predicted molar refractivity (Wildman–Crippen MR) is 128 cm³/mol. The molecule has 0 saturated heterocycles. The van der Waals surface area contributed by atoms with Gasteiger partial charge in [0.1, 0.15) is 22.6 Å². The van der Waals surface area contributed by atoms with Crippen LogP contribution in [0.15, 0.2) is 53.4 Å². The smallest absolute Gasteiger partial charge is 0.247 e. The molecule has 1 N–H and O–H groups in total. The zero-order valence-electron chi connectivity index (χ0n) is 19.6. The third-order valence-electron chi connectivity index (χ3n) is 5.94. The minimum Gasteiger partial charge on any atom is -0.487 e. The second-order valence-corrected chi connectivity index (χ2v) is 10.6. The first-order valence-electron chi connectivity index (χ1n) is 11.2. The first-order chi connectivity index (χ1) is 15.7. The largest absolute Gasteiger partial charge is 0.487 e. The van der Waals surface area contributed by atoms with Gasteiger partial charge in [0.25, 0.3) is 0 Å². The maximum absolute atomic E-state index is 14.1. The number of benzene rings is 2. The SMILES string of the molecule is C/C=C/c1ccc2c(c1)O[C@@H](CN(C)Cc1ccccc1F)[C@H](C)CN([C@@H](C)CO)S2(=O)=O. The van der Waals surface area contributed by atoms with Gasteiger partial charge >= 0.3 is 0 Å². The number of aliphatic hydroxyl groups is 1. The summed E-state index contributed by atoms with van der Waals surface area (Å²) in [5.74, 6) is -0.140. The molecule has 0 fully saturated rings. The third kappa shape index (κ3) is 5.81. The van der Waals surface area contributed by atoms with Crippen molar-refractivity contribution >= 4 is 16.1 Å². The fourth-order valence-electron chi connectivity index (χ4n) is 4.05. The summed E-state index contributed by atoms with van der Waals surface area (Å²) < 4.78 is 48.8. The van der Waals surface area contributed by atoms with Crippen LogP contribution in [0.1, 0.15) is 31.9 Å². The van der Waals surface area contributed by atoms with Crippen LogP contribution in [0.4, 0.5) is 4.39 Å². The van der Waals surface area contributed by atoms with E-state index in [1.807, 2.05) is 37.9 Å². The summed E-state index contributed by atoms with van der Waals surface area (Å²) in [4.78, 5) is 2.06. The fraction of sp³-hybridized carbons (Fsp3) is 0.440. The van der Waals surface area contributed by atoms with E-state index >= 15 is 0 Å². The Labute approximate surface area is 196 Å². The monoisotopic (exact) mass is 476 g/mol. The predicted octanol–water partition coefficient (Wildman–Crippen LogP) is 3.76. The molecule has 2 aromatic carbocycles. The molecule has 0 aromatic heterocycles. The van der Waals surface area contributed by atoms with Crippen LogP contribution in [-0.4, -0.2) is 61.6 Å². The molecule has 180 valence electrons. The van der Waals surface area contributed by atoms with E-state index in [1.54, 1.807) is 43.3 Å². The highest BCUT2D eigenvalue weighted by Gasteiger charge is 2.38. The van der Waals surface area contributed by atoms with E-state index in [0.717, 1.165) is 5.56 Å². The average Bonchev–Trinajstić information content (AvgIpc) is 2.77. The molecule has 33 heavy (non-hydrogen) atoms. The molecule has 0 bridgehead atoms. The standard InChI is InChI=1S/C25H33FN2O4S/c1-5-8-20-11-12-25-23(13-20)32-24(16-27(4)15-21-9-6-7-10-22(21)26)18(2)14-28(19(3)17-29)33(25,30)31/h5-13,18-19,24,29H,14-17H2,1-4H3/b8-5+/t18-,19+,24+/m1/s1. The summed E-state index contributed by atoms with van der Waals surface area (Å²) in [6, 6.07) is 11.1. The van der Waals surface area contributed by atoms with E-state index in [0.29, 0.717) is 18.7 Å². The van der Waals surface area contributed by atoms with E-state index < -0.39 is 16.1 Å². The molecule has 8 heteroatoms. The zero-order valence-corrected chi connectivity index (χ0v) is 20.4. The van der Waals surface area contributed by atoms with Gasteiger partial charge in [0.15, 0.2) is 0 Å². The number of aliphatic hydroxyl groups excluding tert-OH is 1. The number of nitrogens with zero attached hydrogens (tertiary/aromatic N) is 2. The molecular weight excluding hydrogens is 443 g/mol. The van der Waals surface area contributed by atoms with Crippen LogP contribution in [0.5, 0.6) is 5.75 Å². The average molecular weight is 477 g/mol. The van der Waals surface area contributed by atoms with Crippen LogP contribution < -0.4 is 4.74 Å². The topological polar surface area (TPSA) is 70.1 Å². The lowest BCUT2D eigenvalue weighted by atomic mass is 10.0. The van der Waals surface area contributed by atoms with Crippen LogP contribution in [-0.2, 0) is 16.6 Å². The van der Waals surface area contributed by atoms with Crippen LogP contribution in [0.25, 0.3) is 6.08 Å².